The van der Waals surface area contributed by atoms with Gasteiger partial charge in [-0.25, -0.2) is 4.39 Å². The molecule has 4 rings (SSSR count). The molecule has 0 radical (unpaired) electrons. The molecular formula is C15H22ClFN4O. The van der Waals surface area contributed by atoms with Crippen molar-refractivity contribution in [3.8, 4) is 0 Å². The molecule has 122 valence electrons. The molecule has 2 aliphatic heterocycles. The molecule has 0 aromatic carbocycles. The molecule has 1 saturated heterocycles. The summed E-state index contributed by atoms with van der Waals surface area (Å²) in [4.78, 5) is 2.04. The number of likely N-dealkylation sites (tertiary alicyclic amines) is 1. The zero-order valence-electron chi connectivity index (χ0n) is 12.8. The summed E-state index contributed by atoms with van der Waals surface area (Å²) < 4.78 is 18.1. The summed E-state index contributed by atoms with van der Waals surface area (Å²) in [5.41, 5.74) is 7.77. The number of hydrogen-bond donors (Lipinski definition) is 1. The van der Waals surface area contributed by atoms with Crippen LogP contribution in [0.4, 0.5) is 10.2 Å². The molecule has 2 fully saturated rings. The number of aromatic nitrogens is 2. The smallest absolute Gasteiger partial charge is 0.157 e. The number of hydrogen-bond acceptors (Lipinski definition) is 5. The van der Waals surface area contributed by atoms with Crippen molar-refractivity contribution in [1.29, 1.82) is 0 Å². The van der Waals surface area contributed by atoms with Gasteiger partial charge in [-0.05, 0) is 39.3 Å². The van der Waals surface area contributed by atoms with Crippen LogP contribution in [0.1, 0.15) is 36.8 Å². The van der Waals surface area contributed by atoms with E-state index in [0.29, 0.717) is 24.1 Å². The van der Waals surface area contributed by atoms with Gasteiger partial charge in [-0.15, -0.1) is 10.2 Å². The zero-order chi connectivity index (χ0) is 15.7. The van der Waals surface area contributed by atoms with Crippen LogP contribution in [0.2, 0.25) is 5.15 Å². The molecule has 1 atom stereocenters. The summed E-state index contributed by atoms with van der Waals surface area (Å²) in [5.74, 6) is 0.499. The van der Waals surface area contributed by atoms with E-state index in [4.69, 9.17) is 22.1 Å². The van der Waals surface area contributed by atoms with Gasteiger partial charge in [0.25, 0.3) is 0 Å². The lowest BCUT2D eigenvalue weighted by molar-refractivity contribution is 0.00805. The second-order valence-corrected chi connectivity index (χ2v) is 6.84. The average molecular weight is 329 g/mol. The van der Waals surface area contributed by atoms with E-state index in [0.717, 1.165) is 49.8 Å². The Morgan fingerprint density at radius 2 is 2.14 bits per heavy atom. The van der Waals surface area contributed by atoms with Gasteiger partial charge in [-0.1, -0.05) is 11.6 Å². The van der Waals surface area contributed by atoms with Crippen molar-refractivity contribution >= 4 is 17.4 Å². The Hall–Kier alpha value is -0.980. The normalized spacial score (nSPS) is 26.0. The molecule has 1 aliphatic carbocycles. The summed E-state index contributed by atoms with van der Waals surface area (Å²) in [6.45, 7) is 2.23. The van der Waals surface area contributed by atoms with Gasteiger partial charge in [0.1, 0.15) is 12.0 Å². The van der Waals surface area contributed by atoms with Crippen LogP contribution in [0.3, 0.4) is 0 Å². The van der Waals surface area contributed by atoms with Gasteiger partial charge in [-0.2, -0.15) is 0 Å². The van der Waals surface area contributed by atoms with E-state index < -0.39 is 6.17 Å². The lowest BCUT2D eigenvalue weighted by atomic mass is 10.00. The van der Waals surface area contributed by atoms with Gasteiger partial charge in [0, 0.05) is 24.1 Å². The Labute approximate surface area is 135 Å². The predicted octanol–water partition coefficient (Wildman–Crippen LogP) is 2.37. The fraction of sp³-hybridized carbons (Fsp3) is 0.733. The maximum atomic E-state index is 12.4. The van der Waals surface area contributed by atoms with E-state index >= 15 is 0 Å². The van der Waals surface area contributed by atoms with Crippen molar-refractivity contribution in [3.63, 3.8) is 0 Å². The van der Waals surface area contributed by atoms with E-state index in [1.165, 1.54) is 0 Å². The third-order valence-electron chi connectivity index (χ3n) is 4.56. The van der Waals surface area contributed by atoms with E-state index in [-0.39, 0.29) is 5.60 Å². The number of fused-ring (bicyclic) bond motifs is 1. The maximum absolute atomic E-state index is 12.4. The molecule has 1 spiro atoms. The summed E-state index contributed by atoms with van der Waals surface area (Å²) in [6, 6.07) is 0. The van der Waals surface area contributed by atoms with E-state index in [9.17, 15) is 4.39 Å². The number of rotatable bonds is 0. The molecule has 5 nitrogen and oxygen atoms in total. The third kappa shape index (κ3) is 3.50. The van der Waals surface area contributed by atoms with Gasteiger partial charge in [0.05, 0.1) is 12.2 Å². The van der Waals surface area contributed by atoms with Gasteiger partial charge >= 0.3 is 0 Å². The largest absolute Gasteiger partial charge is 0.382 e. The van der Waals surface area contributed by atoms with Crippen LogP contribution >= 0.6 is 11.6 Å². The quantitative estimate of drug-likeness (QED) is 0.792. The summed E-state index contributed by atoms with van der Waals surface area (Å²) in [6.07, 6.45) is 4.30. The number of nitrogens with two attached hydrogens (primary N) is 1. The second kappa shape index (κ2) is 6.26. The standard InChI is InChI=1S/C9H10ClN3O.C6H12FN/c10-7-6-4-14-9(1-2-9)3-5(6)8(11)13-12-7;1-8-4-2-3-6(7)5-8/h1-4H2,(H2,11,13);6H,2-5H2,1H3. The van der Waals surface area contributed by atoms with E-state index in [2.05, 4.69) is 10.2 Å². The number of halogens is 2. The number of nitrogen functional groups attached to an aromatic ring is 1. The van der Waals surface area contributed by atoms with E-state index in [1.807, 2.05) is 11.9 Å². The van der Waals surface area contributed by atoms with Gasteiger partial charge in [-0.3, -0.25) is 0 Å². The minimum Gasteiger partial charge on any atom is -0.382 e. The highest BCUT2D eigenvalue weighted by Crippen LogP contribution is 2.47. The molecule has 22 heavy (non-hydrogen) atoms. The molecule has 0 bridgehead atoms. The number of alkyl halides is 1. The van der Waals surface area contributed by atoms with Crippen LogP contribution in [0.15, 0.2) is 0 Å². The first-order chi connectivity index (χ1) is 10.5. The molecular weight excluding hydrogens is 307 g/mol. The molecule has 1 aromatic rings. The van der Waals surface area contributed by atoms with Crippen molar-refractivity contribution in [2.24, 2.45) is 0 Å². The molecule has 1 saturated carbocycles. The Morgan fingerprint density at radius 1 is 1.36 bits per heavy atom. The van der Waals surface area contributed by atoms with E-state index in [1.54, 1.807) is 0 Å². The van der Waals surface area contributed by atoms with Gasteiger partial charge < -0.3 is 15.4 Å². The molecule has 2 N–H and O–H groups in total. The number of ether oxygens (including phenoxy) is 1. The third-order valence-corrected chi connectivity index (χ3v) is 4.87. The van der Waals surface area contributed by atoms with Gasteiger partial charge in [0.15, 0.2) is 5.15 Å². The maximum Gasteiger partial charge on any atom is 0.157 e. The Morgan fingerprint density at radius 3 is 2.73 bits per heavy atom. The van der Waals surface area contributed by atoms with Crippen LogP contribution in [0.5, 0.6) is 0 Å². The lowest BCUT2D eigenvalue weighted by Gasteiger charge is -2.25. The highest BCUT2D eigenvalue weighted by molar-refractivity contribution is 6.30. The molecule has 7 heteroatoms. The van der Waals surface area contributed by atoms with Crippen molar-refractivity contribution in [2.75, 3.05) is 25.9 Å². The summed E-state index contributed by atoms with van der Waals surface area (Å²) in [7, 11) is 1.96. The molecule has 3 aliphatic rings. The first-order valence-corrected chi connectivity index (χ1v) is 8.13. The van der Waals surface area contributed by atoms with Crippen LogP contribution < -0.4 is 5.73 Å². The predicted molar refractivity (Wildman–Crippen MR) is 83.5 cm³/mol. The first-order valence-electron chi connectivity index (χ1n) is 7.75. The van der Waals surface area contributed by atoms with Crippen LogP contribution in [-0.2, 0) is 17.8 Å². The Bertz CT molecular complexity index is 545. The van der Waals surface area contributed by atoms with Crippen LogP contribution in [0.25, 0.3) is 0 Å². The van der Waals surface area contributed by atoms with Crippen molar-refractivity contribution in [1.82, 2.24) is 15.1 Å². The topological polar surface area (TPSA) is 64.3 Å². The molecule has 1 unspecified atom stereocenters. The lowest BCUT2D eigenvalue weighted by Crippen LogP contribution is -2.32. The summed E-state index contributed by atoms with van der Waals surface area (Å²) >= 11 is 5.92. The molecule has 0 amide bonds. The number of nitrogens with zero attached hydrogens (tertiary/aromatic N) is 3. The van der Waals surface area contributed by atoms with Crippen molar-refractivity contribution in [2.45, 2.75) is 50.5 Å². The highest BCUT2D eigenvalue weighted by Gasteiger charge is 2.47. The highest BCUT2D eigenvalue weighted by atomic mass is 35.5. The zero-order valence-corrected chi connectivity index (χ0v) is 13.6. The number of anilines is 1. The number of piperidine rings is 1. The second-order valence-electron chi connectivity index (χ2n) is 6.48. The van der Waals surface area contributed by atoms with Crippen LogP contribution in [0, 0.1) is 0 Å². The molecule has 1 aromatic heterocycles. The fourth-order valence-corrected chi connectivity index (χ4v) is 3.21. The minimum absolute atomic E-state index is 0.0491. The van der Waals surface area contributed by atoms with Crippen LogP contribution in [-0.4, -0.2) is 47.0 Å². The minimum atomic E-state index is -0.561. The Balaban J connectivity index is 0.000000154. The SMILES string of the molecule is CN1CCCC(F)C1.Nc1nnc(Cl)c2c1CC1(CC1)OC2. The Kier molecular flexibility index (Phi) is 4.52. The van der Waals surface area contributed by atoms with Crippen molar-refractivity contribution in [3.05, 3.63) is 16.3 Å². The first kappa shape index (κ1) is 15.9. The molecule has 3 heterocycles. The fourth-order valence-electron chi connectivity index (χ4n) is 3.00. The average Bonchev–Trinajstić information content (AvgIpc) is 3.23. The summed E-state index contributed by atoms with van der Waals surface area (Å²) in [5, 5.41) is 8.02. The monoisotopic (exact) mass is 328 g/mol. The van der Waals surface area contributed by atoms with Gasteiger partial charge in [0.2, 0.25) is 0 Å². The van der Waals surface area contributed by atoms with Crippen molar-refractivity contribution < 1.29 is 9.13 Å².